The molecule has 0 atom stereocenters. The van der Waals surface area contributed by atoms with Gasteiger partial charge in [-0.2, -0.15) is 10.2 Å². The maximum Gasteiger partial charge on any atom is 0.251 e. The van der Waals surface area contributed by atoms with Crippen molar-refractivity contribution in [3.05, 3.63) is 29.8 Å². The minimum atomic E-state index is -0.394. The van der Waals surface area contributed by atoms with Gasteiger partial charge in [0, 0.05) is 69.2 Å². The van der Waals surface area contributed by atoms with E-state index in [-0.39, 0.29) is 11.8 Å². The Morgan fingerprint density at radius 3 is 2.34 bits per heavy atom. The second kappa shape index (κ2) is 10.2. The third-order valence-electron chi connectivity index (χ3n) is 6.86. The summed E-state index contributed by atoms with van der Waals surface area (Å²) in [5, 5.41) is 11.4. The minimum Gasteiger partial charge on any atom is -0.368 e. The number of nitrogens with one attached hydrogen (secondary N) is 1. The van der Waals surface area contributed by atoms with Crippen LogP contribution in [0.2, 0.25) is 0 Å². The van der Waals surface area contributed by atoms with E-state index in [0.717, 1.165) is 38.0 Å². The Hall–Kier alpha value is -2.88. The van der Waals surface area contributed by atoms with Crippen LogP contribution in [-0.2, 0) is 4.79 Å². The lowest BCUT2D eigenvalue weighted by atomic mass is 9.95. The number of carbonyl (C=O) groups is 2. The van der Waals surface area contributed by atoms with Crippen molar-refractivity contribution < 1.29 is 9.59 Å². The number of nitrogens with zero attached hydrogens (tertiary/aromatic N) is 4. The molecule has 4 rings (SSSR count). The monoisotopic (exact) mass is 435 g/mol. The van der Waals surface area contributed by atoms with Crippen LogP contribution in [0, 0.1) is 12.3 Å². The maximum absolute atomic E-state index is 12.6. The maximum atomic E-state index is 12.6. The van der Waals surface area contributed by atoms with Crippen LogP contribution in [0.5, 0.6) is 0 Å². The van der Waals surface area contributed by atoms with Crippen molar-refractivity contribution in [2.75, 3.05) is 31.1 Å². The van der Waals surface area contributed by atoms with Crippen LogP contribution in [0.4, 0.5) is 5.69 Å². The molecule has 1 N–H and O–H groups in total. The normalized spacial score (nSPS) is 20.0. The van der Waals surface area contributed by atoms with Crippen molar-refractivity contribution in [1.82, 2.24) is 10.2 Å². The quantitative estimate of drug-likeness (QED) is 0.632. The highest BCUT2D eigenvalue weighted by Gasteiger charge is 2.39. The van der Waals surface area contributed by atoms with Gasteiger partial charge >= 0.3 is 0 Å². The lowest BCUT2D eigenvalue weighted by Gasteiger charge is -2.36. The fraction of sp³-hybridized carbons (Fsp3) is 0.600. The first-order valence-electron chi connectivity index (χ1n) is 11.9. The second-order valence-electron chi connectivity index (χ2n) is 9.11. The van der Waals surface area contributed by atoms with E-state index in [9.17, 15) is 9.59 Å². The number of terminal acetylenes is 1. The van der Waals surface area contributed by atoms with Gasteiger partial charge in [-0.1, -0.05) is 19.3 Å². The van der Waals surface area contributed by atoms with Crippen molar-refractivity contribution in [3.8, 4) is 12.3 Å². The van der Waals surface area contributed by atoms with Gasteiger partial charge in [-0.15, -0.1) is 12.3 Å². The molecule has 2 aliphatic heterocycles. The van der Waals surface area contributed by atoms with Gasteiger partial charge in [0.1, 0.15) is 0 Å². The zero-order chi connectivity index (χ0) is 22.4. The highest BCUT2D eigenvalue weighted by atomic mass is 16.2. The molecule has 0 bridgehead atoms. The van der Waals surface area contributed by atoms with Gasteiger partial charge in [-0.05, 0) is 37.1 Å². The van der Waals surface area contributed by atoms with Crippen LogP contribution in [0.15, 0.2) is 34.5 Å². The summed E-state index contributed by atoms with van der Waals surface area (Å²) in [4.78, 5) is 29.3. The van der Waals surface area contributed by atoms with E-state index in [1.165, 1.54) is 19.3 Å². The molecular weight excluding hydrogens is 402 g/mol. The van der Waals surface area contributed by atoms with Gasteiger partial charge in [0.25, 0.3) is 5.91 Å². The summed E-state index contributed by atoms with van der Waals surface area (Å²) < 4.78 is 0. The molecule has 1 aliphatic carbocycles. The van der Waals surface area contributed by atoms with Gasteiger partial charge in [0.05, 0.1) is 0 Å². The first-order chi connectivity index (χ1) is 15.6. The zero-order valence-corrected chi connectivity index (χ0v) is 18.8. The number of piperazine rings is 1. The Kier molecular flexibility index (Phi) is 7.09. The Morgan fingerprint density at radius 1 is 1.03 bits per heavy atom. The number of amides is 2. The van der Waals surface area contributed by atoms with Gasteiger partial charge < -0.3 is 15.1 Å². The summed E-state index contributed by atoms with van der Waals surface area (Å²) in [6.07, 6.45) is 13.7. The standard InChI is InChI=1S/C25H33N5O2/c1-2-3-14-25(27-28-25)15-13-23(31)30-18-16-29(17-19-30)22-11-9-20(10-12-22)24(32)26-21-7-5-4-6-8-21/h1,9-12,21H,3-8,13-19H2,(H,26,32). The van der Waals surface area contributed by atoms with E-state index >= 15 is 0 Å². The molecule has 2 fully saturated rings. The molecule has 7 nitrogen and oxygen atoms in total. The van der Waals surface area contributed by atoms with Crippen molar-refractivity contribution in [2.45, 2.75) is 69.5 Å². The van der Waals surface area contributed by atoms with E-state index in [2.05, 4.69) is 26.4 Å². The summed E-state index contributed by atoms with van der Waals surface area (Å²) in [5.41, 5.74) is 1.41. The number of benzene rings is 1. The molecule has 1 aromatic carbocycles. The minimum absolute atomic E-state index is 0.0213. The SMILES string of the molecule is C#CCCC1(CCC(=O)N2CCN(c3ccc(C(=O)NC4CCCCC4)cc3)CC2)N=N1. The van der Waals surface area contributed by atoms with Crippen molar-refractivity contribution in [2.24, 2.45) is 10.2 Å². The summed E-state index contributed by atoms with van der Waals surface area (Å²) >= 11 is 0. The molecule has 3 aliphatic rings. The first kappa shape index (κ1) is 22.3. The Bertz CT molecular complexity index is 869. The van der Waals surface area contributed by atoms with E-state index in [0.29, 0.717) is 44.0 Å². The fourth-order valence-corrected chi connectivity index (χ4v) is 4.69. The Balaban J connectivity index is 1.21. The number of rotatable bonds is 8. The van der Waals surface area contributed by atoms with Gasteiger partial charge in [0.15, 0.2) is 5.66 Å². The molecule has 0 radical (unpaired) electrons. The number of carbonyl (C=O) groups excluding carboxylic acids is 2. The smallest absolute Gasteiger partial charge is 0.251 e. The van der Waals surface area contributed by atoms with Gasteiger partial charge in [-0.3, -0.25) is 9.59 Å². The molecule has 1 saturated heterocycles. The molecule has 0 unspecified atom stereocenters. The predicted molar refractivity (Wildman–Crippen MR) is 124 cm³/mol. The molecule has 2 heterocycles. The molecule has 0 aromatic heterocycles. The molecule has 1 saturated carbocycles. The predicted octanol–water partition coefficient (Wildman–Crippen LogP) is 3.75. The molecule has 2 amide bonds. The summed E-state index contributed by atoms with van der Waals surface area (Å²) in [6, 6.07) is 8.15. The summed E-state index contributed by atoms with van der Waals surface area (Å²) in [5.74, 6) is 2.80. The van der Waals surface area contributed by atoms with E-state index in [4.69, 9.17) is 6.42 Å². The molecule has 0 spiro atoms. The largest absolute Gasteiger partial charge is 0.368 e. The third kappa shape index (κ3) is 5.67. The van der Waals surface area contributed by atoms with Crippen LogP contribution < -0.4 is 10.2 Å². The molecule has 7 heteroatoms. The van der Waals surface area contributed by atoms with Gasteiger partial charge in [0.2, 0.25) is 5.91 Å². The lowest BCUT2D eigenvalue weighted by Crippen LogP contribution is -2.49. The average molecular weight is 436 g/mol. The summed E-state index contributed by atoms with van der Waals surface area (Å²) in [6.45, 7) is 2.98. The zero-order valence-electron chi connectivity index (χ0n) is 18.8. The Labute approximate surface area is 190 Å². The topological polar surface area (TPSA) is 77.4 Å². The number of anilines is 1. The first-order valence-corrected chi connectivity index (χ1v) is 11.9. The molecular formula is C25H33N5O2. The van der Waals surface area contributed by atoms with E-state index in [1.807, 2.05) is 29.2 Å². The van der Waals surface area contributed by atoms with Crippen LogP contribution in [0.3, 0.4) is 0 Å². The van der Waals surface area contributed by atoms with E-state index < -0.39 is 5.66 Å². The highest BCUT2D eigenvalue weighted by Crippen LogP contribution is 2.37. The molecule has 170 valence electrons. The Morgan fingerprint density at radius 2 is 1.72 bits per heavy atom. The average Bonchev–Trinajstić information content (AvgIpc) is 3.62. The van der Waals surface area contributed by atoms with Crippen molar-refractivity contribution in [1.29, 1.82) is 0 Å². The van der Waals surface area contributed by atoms with Gasteiger partial charge in [-0.25, -0.2) is 0 Å². The number of hydrogen-bond donors (Lipinski definition) is 1. The van der Waals surface area contributed by atoms with Crippen molar-refractivity contribution in [3.63, 3.8) is 0 Å². The molecule has 1 aromatic rings. The number of hydrogen-bond acceptors (Lipinski definition) is 5. The van der Waals surface area contributed by atoms with Crippen LogP contribution in [0.25, 0.3) is 0 Å². The second-order valence-corrected chi connectivity index (χ2v) is 9.11. The van der Waals surface area contributed by atoms with Crippen LogP contribution in [-0.4, -0.2) is 54.6 Å². The lowest BCUT2D eigenvalue weighted by molar-refractivity contribution is -0.131. The fourth-order valence-electron chi connectivity index (χ4n) is 4.69. The van der Waals surface area contributed by atoms with Crippen LogP contribution in [0.1, 0.15) is 68.1 Å². The highest BCUT2D eigenvalue weighted by molar-refractivity contribution is 5.94. The van der Waals surface area contributed by atoms with Crippen LogP contribution >= 0.6 is 0 Å². The van der Waals surface area contributed by atoms with Crippen molar-refractivity contribution >= 4 is 17.5 Å². The summed E-state index contributed by atoms with van der Waals surface area (Å²) in [7, 11) is 0. The van der Waals surface area contributed by atoms with E-state index in [1.54, 1.807) is 0 Å². The molecule has 32 heavy (non-hydrogen) atoms. The third-order valence-corrected chi connectivity index (χ3v) is 6.86.